The zero-order valence-electron chi connectivity index (χ0n) is 17.7. The minimum absolute atomic E-state index is 0.197. The van der Waals surface area contributed by atoms with Crippen molar-refractivity contribution in [1.29, 1.82) is 0 Å². The van der Waals surface area contributed by atoms with Crippen molar-refractivity contribution in [3.05, 3.63) is 65.5 Å². The number of rotatable bonds is 7. The zero-order chi connectivity index (χ0) is 21.3. The molecule has 2 N–H and O–H groups in total. The highest BCUT2D eigenvalue weighted by Crippen LogP contribution is 2.24. The van der Waals surface area contributed by atoms with Crippen LogP contribution in [0.3, 0.4) is 0 Å². The average Bonchev–Trinajstić information content (AvgIpc) is 2.74. The van der Waals surface area contributed by atoms with Crippen LogP contribution in [-0.4, -0.2) is 48.6 Å². The monoisotopic (exact) mass is 430 g/mol. The van der Waals surface area contributed by atoms with Crippen LogP contribution in [0.2, 0.25) is 0 Å². The van der Waals surface area contributed by atoms with Gasteiger partial charge in [0.1, 0.15) is 5.82 Å². The van der Waals surface area contributed by atoms with E-state index in [0.29, 0.717) is 18.1 Å². The maximum absolute atomic E-state index is 13.4. The second-order valence-electron chi connectivity index (χ2n) is 7.63. The molecule has 0 aliphatic carbocycles. The lowest BCUT2D eigenvalue weighted by Gasteiger charge is -2.36. The molecule has 0 amide bonds. The first kappa shape index (κ1) is 22.3. The van der Waals surface area contributed by atoms with E-state index in [1.54, 1.807) is 13.1 Å². The van der Waals surface area contributed by atoms with Crippen LogP contribution in [0.15, 0.2) is 53.5 Å². The van der Waals surface area contributed by atoms with E-state index >= 15 is 0 Å². The van der Waals surface area contributed by atoms with E-state index in [-0.39, 0.29) is 11.9 Å². The van der Waals surface area contributed by atoms with Gasteiger partial charge in [-0.05, 0) is 49.1 Å². The number of nitrogens with one attached hydrogen (secondary N) is 2. The van der Waals surface area contributed by atoms with Crippen LogP contribution in [-0.2, 0) is 16.6 Å². The van der Waals surface area contributed by atoms with Crippen molar-refractivity contribution in [1.82, 2.24) is 10.6 Å². The quantitative estimate of drug-likeness (QED) is 0.523. The van der Waals surface area contributed by atoms with E-state index < -0.39 is 10.8 Å². The summed E-state index contributed by atoms with van der Waals surface area (Å²) < 4.78 is 25.7. The summed E-state index contributed by atoms with van der Waals surface area (Å²) in [5.74, 6) is 1.68. The van der Waals surface area contributed by atoms with Gasteiger partial charge in [0.15, 0.2) is 5.96 Å². The SMILES string of the molecule is CN=C(NCCS(=O)Cc1ccccc1)NC1CCCN(c2ccc(F)cc2C)C1. The minimum atomic E-state index is -0.916. The molecule has 1 fully saturated rings. The normalized spacial score (nSPS) is 18.2. The summed E-state index contributed by atoms with van der Waals surface area (Å²) in [5.41, 5.74) is 3.14. The van der Waals surface area contributed by atoms with Crippen molar-refractivity contribution in [2.75, 3.05) is 37.3 Å². The molecule has 162 valence electrons. The van der Waals surface area contributed by atoms with Crippen LogP contribution in [0.4, 0.5) is 10.1 Å². The van der Waals surface area contributed by atoms with Crippen molar-refractivity contribution in [2.45, 2.75) is 31.6 Å². The molecule has 0 bridgehead atoms. The van der Waals surface area contributed by atoms with Gasteiger partial charge in [-0.15, -0.1) is 0 Å². The van der Waals surface area contributed by atoms with Crippen LogP contribution in [0.25, 0.3) is 0 Å². The Labute approximate surface area is 181 Å². The first-order valence-corrected chi connectivity index (χ1v) is 11.9. The molecule has 2 unspecified atom stereocenters. The summed E-state index contributed by atoms with van der Waals surface area (Å²) in [6.07, 6.45) is 2.12. The number of piperidine rings is 1. The molecule has 1 saturated heterocycles. The summed E-state index contributed by atoms with van der Waals surface area (Å²) >= 11 is 0. The molecule has 2 aromatic rings. The number of guanidine groups is 1. The van der Waals surface area contributed by atoms with Crippen molar-refractivity contribution in [2.24, 2.45) is 4.99 Å². The number of halogens is 1. The fourth-order valence-electron chi connectivity index (χ4n) is 3.79. The maximum Gasteiger partial charge on any atom is 0.191 e. The number of hydrogen-bond acceptors (Lipinski definition) is 3. The Balaban J connectivity index is 1.46. The van der Waals surface area contributed by atoms with E-state index in [1.807, 2.05) is 43.3 Å². The van der Waals surface area contributed by atoms with Crippen molar-refractivity contribution in [3.8, 4) is 0 Å². The standard InChI is InChI=1S/C23H31FN4OS/c1-18-15-20(24)10-11-22(18)28-13-6-9-21(16-28)27-23(25-2)26-12-14-30(29)17-19-7-4-3-5-8-19/h3-5,7-8,10-11,15,21H,6,9,12-14,16-17H2,1-2H3,(H2,25,26,27). The Morgan fingerprint density at radius 3 is 2.80 bits per heavy atom. The number of aliphatic imine (C=N–C) groups is 1. The van der Waals surface area contributed by atoms with Crippen molar-refractivity contribution >= 4 is 22.4 Å². The van der Waals surface area contributed by atoms with E-state index in [1.165, 1.54) is 6.07 Å². The van der Waals surface area contributed by atoms with Crippen LogP contribution < -0.4 is 15.5 Å². The Kier molecular flexibility index (Phi) is 8.25. The molecule has 0 aromatic heterocycles. The van der Waals surface area contributed by atoms with Crippen molar-refractivity contribution < 1.29 is 8.60 Å². The zero-order valence-corrected chi connectivity index (χ0v) is 18.6. The molecule has 1 heterocycles. The number of anilines is 1. The summed E-state index contributed by atoms with van der Waals surface area (Å²) in [7, 11) is 0.835. The fourth-order valence-corrected chi connectivity index (χ4v) is 4.83. The third-order valence-corrected chi connectivity index (χ3v) is 6.59. The molecule has 3 rings (SSSR count). The molecule has 2 aromatic carbocycles. The Bertz CT molecular complexity index is 875. The Morgan fingerprint density at radius 2 is 2.07 bits per heavy atom. The van der Waals surface area contributed by atoms with E-state index in [9.17, 15) is 8.60 Å². The van der Waals surface area contributed by atoms with Crippen LogP contribution in [0.5, 0.6) is 0 Å². The summed E-state index contributed by atoms with van der Waals surface area (Å²) in [5, 5.41) is 6.77. The molecule has 1 aliphatic heterocycles. The van der Waals surface area contributed by atoms with Gasteiger partial charge in [-0.1, -0.05) is 30.3 Å². The first-order valence-electron chi connectivity index (χ1n) is 10.4. The molecule has 5 nitrogen and oxygen atoms in total. The highest BCUT2D eigenvalue weighted by atomic mass is 32.2. The largest absolute Gasteiger partial charge is 0.369 e. The Hall–Kier alpha value is -2.41. The molecule has 7 heteroatoms. The second kappa shape index (κ2) is 11.1. The molecular formula is C23H31FN4OS. The fraction of sp³-hybridized carbons (Fsp3) is 0.435. The van der Waals surface area contributed by atoms with Gasteiger partial charge in [-0.3, -0.25) is 9.20 Å². The lowest BCUT2D eigenvalue weighted by Crippen LogP contribution is -2.51. The molecule has 0 spiro atoms. The predicted octanol–water partition coefficient (Wildman–Crippen LogP) is 3.22. The van der Waals surface area contributed by atoms with Gasteiger partial charge in [-0.25, -0.2) is 4.39 Å². The minimum Gasteiger partial charge on any atom is -0.369 e. The second-order valence-corrected chi connectivity index (χ2v) is 9.21. The van der Waals surface area contributed by atoms with Crippen LogP contribution in [0, 0.1) is 12.7 Å². The lowest BCUT2D eigenvalue weighted by molar-refractivity contribution is 0.468. The summed E-state index contributed by atoms with van der Waals surface area (Å²) in [6, 6.07) is 15.1. The van der Waals surface area contributed by atoms with E-state index in [0.717, 1.165) is 48.7 Å². The van der Waals surface area contributed by atoms with Gasteiger partial charge in [-0.2, -0.15) is 0 Å². The third-order valence-electron chi connectivity index (χ3n) is 5.28. The highest BCUT2D eigenvalue weighted by Gasteiger charge is 2.22. The smallest absolute Gasteiger partial charge is 0.191 e. The topological polar surface area (TPSA) is 56.7 Å². The lowest BCUT2D eigenvalue weighted by atomic mass is 10.0. The number of hydrogen-bond donors (Lipinski definition) is 2. The average molecular weight is 431 g/mol. The first-order chi connectivity index (χ1) is 14.5. The molecule has 0 saturated carbocycles. The molecule has 30 heavy (non-hydrogen) atoms. The van der Waals surface area contributed by atoms with Gasteiger partial charge in [0, 0.05) is 60.7 Å². The van der Waals surface area contributed by atoms with Crippen LogP contribution >= 0.6 is 0 Å². The highest BCUT2D eigenvalue weighted by molar-refractivity contribution is 7.84. The number of nitrogens with zero attached hydrogens (tertiary/aromatic N) is 2. The van der Waals surface area contributed by atoms with Gasteiger partial charge < -0.3 is 15.5 Å². The summed E-state index contributed by atoms with van der Waals surface area (Å²) in [4.78, 5) is 6.62. The van der Waals surface area contributed by atoms with Gasteiger partial charge in [0.05, 0.1) is 0 Å². The molecule has 1 aliphatic rings. The molecule has 2 atom stereocenters. The number of aryl methyl sites for hydroxylation is 1. The summed E-state index contributed by atoms with van der Waals surface area (Å²) in [6.45, 7) is 4.36. The van der Waals surface area contributed by atoms with Crippen LogP contribution in [0.1, 0.15) is 24.0 Å². The number of benzene rings is 2. The molecule has 0 radical (unpaired) electrons. The van der Waals surface area contributed by atoms with Gasteiger partial charge in [0.2, 0.25) is 0 Å². The van der Waals surface area contributed by atoms with Gasteiger partial charge >= 0.3 is 0 Å². The van der Waals surface area contributed by atoms with Crippen molar-refractivity contribution in [3.63, 3.8) is 0 Å². The predicted molar refractivity (Wildman–Crippen MR) is 124 cm³/mol. The maximum atomic E-state index is 13.4. The van der Waals surface area contributed by atoms with Gasteiger partial charge in [0.25, 0.3) is 0 Å². The third kappa shape index (κ3) is 6.55. The Morgan fingerprint density at radius 1 is 1.27 bits per heavy atom. The molecular weight excluding hydrogens is 399 g/mol. The van der Waals surface area contributed by atoms with E-state index in [2.05, 4.69) is 20.5 Å². The van der Waals surface area contributed by atoms with E-state index in [4.69, 9.17) is 0 Å².